The molecular weight excluding hydrogens is 154 g/mol. The van der Waals surface area contributed by atoms with Crippen LogP contribution in [0.15, 0.2) is 0 Å². The Bertz CT molecular complexity index is 72.0. The summed E-state index contributed by atoms with van der Waals surface area (Å²) < 4.78 is 0. The zero-order chi connectivity index (χ0) is 8.53. The second-order valence-electron chi connectivity index (χ2n) is 2.64. The van der Waals surface area contributed by atoms with Crippen molar-refractivity contribution < 1.29 is 0 Å². The highest BCUT2D eigenvalue weighted by Crippen LogP contribution is 2.02. The fourth-order valence-corrected chi connectivity index (χ4v) is 1.86. The lowest BCUT2D eigenvalue weighted by atomic mass is 10.5. The van der Waals surface area contributed by atoms with Gasteiger partial charge in [-0.3, -0.25) is 0 Å². The van der Waals surface area contributed by atoms with Crippen molar-refractivity contribution in [1.82, 2.24) is 4.90 Å². The van der Waals surface area contributed by atoms with E-state index in [4.69, 9.17) is 0 Å². The average molecular weight is 175 g/mol. The number of hydrogen-bond acceptors (Lipinski definition) is 2. The van der Waals surface area contributed by atoms with Crippen LogP contribution in [0.5, 0.6) is 0 Å². The first-order valence-corrected chi connectivity index (χ1v) is 5.80. The Morgan fingerprint density at radius 2 is 1.64 bits per heavy atom. The fourth-order valence-electron chi connectivity index (χ4n) is 0.980. The Kier molecular flexibility index (Phi) is 8.64. The Balaban J connectivity index is 3.07. The smallest absolute Gasteiger partial charge is 0.00721 e. The van der Waals surface area contributed by atoms with Gasteiger partial charge < -0.3 is 4.90 Å². The van der Waals surface area contributed by atoms with Gasteiger partial charge in [0.15, 0.2) is 0 Å². The van der Waals surface area contributed by atoms with E-state index in [-0.39, 0.29) is 0 Å². The molecule has 0 aromatic heterocycles. The van der Waals surface area contributed by atoms with Crippen LogP contribution in [0.1, 0.15) is 27.2 Å². The lowest BCUT2D eigenvalue weighted by Gasteiger charge is -2.16. The molecule has 0 atom stereocenters. The number of thioether (sulfide) groups is 1. The van der Waals surface area contributed by atoms with Crippen LogP contribution < -0.4 is 0 Å². The molecule has 0 aliphatic heterocycles. The molecule has 0 amide bonds. The first kappa shape index (κ1) is 11.3. The van der Waals surface area contributed by atoms with Gasteiger partial charge in [0.1, 0.15) is 0 Å². The second-order valence-corrected chi connectivity index (χ2v) is 3.86. The third kappa shape index (κ3) is 6.70. The van der Waals surface area contributed by atoms with Crippen molar-refractivity contribution in [1.29, 1.82) is 0 Å². The summed E-state index contributed by atoms with van der Waals surface area (Å²) in [6.45, 7) is 10.4. The van der Waals surface area contributed by atoms with Crippen molar-refractivity contribution in [3.63, 3.8) is 0 Å². The molecule has 0 aliphatic carbocycles. The minimum Gasteiger partial charge on any atom is -0.303 e. The third-order valence-corrected chi connectivity index (χ3v) is 2.96. The predicted molar refractivity (Wildman–Crippen MR) is 55.4 cm³/mol. The number of rotatable bonds is 7. The first-order valence-electron chi connectivity index (χ1n) is 4.65. The first-order chi connectivity index (χ1) is 5.35. The van der Waals surface area contributed by atoms with E-state index in [1.54, 1.807) is 0 Å². The van der Waals surface area contributed by atoms with Crippen molar-refractivity contribution in [3.8, 4) is 0 Å². The SMILES string of the molecule is CCCSCCN(CC)CC. The molecule has 0 bridgehead atoms. The van der Waals surface area contributed by atoms with Gasteiger partial charge in [-0.15, -0.1) is 0 Å². The van der Waals surface area contributed by atoms with Crippen LogP contribution in [0.25, 0.3) is 0 Å². The highest BCUT2D eigenvalue weighted by Gasteiger charge is 1.96. The van der Waals surface area contributed by atoms with E-state index in [9.17, 15) is 0 Å². The molecule has 11 heavy (non-hydrogen) atoms. The normalized spacial score (nSPS) is 10.9. The summed E-state index contributed by atoms with van der Waals surface area (Å²) in [6.07, 6.45) is 1.31. The van der Waals surface area contributed by atoms with Gasteiger partial charge in [-0.25, -0.2) is 0 Å². The molecule has 0 spiro atoms. The van der Waals surface area contributed by atoms with Gasteiger partial charge >= 0.3 is 0 Å². The van der Waals surface area contributed by atoms with Crippen molar-refractivity contribution >= 4 is 11.8 Å². The molecule has 0 saturated heterocycles. The molecule has 2 heteroatoms. The Morgan fingerprint density at radius 1 is 1.00 bits per heavy atom. The van der Waals surface area contributed by atoms with E-state index in [2.05, 4.69) is 37.4 Å². The quantitative estimate of drug-likeness (QED) is 0.547. The van der Waals surface area contributed by atoms with Crippen molar-refractivity contribution in [2.45, 2.75) is 27.2 Å². The van der Waals surface area contributed by atoms with Crippen LogP contribution >= 0.6 is 11.8 Å². The largest absolute Gasteiger partial charge is 0.303 e. The monoisotopic (exact) mass is 175 g/mol. The zero-order valence-corrected chi connectivity index (χ0v) is 8.91. The minimum atomic E-state index is 1.20. The van der Waals surface area contributed by atoms with Gasteiger partial charge in [-0.2, -0.15) is 11.8 Å². The molecule has 0 rings (SSSR count). The fraction of sp³-hybridized carbons (Fsp3) is 1.00. The zero-order valence-electron chi connectivity index (χ0n) is 8.10. The lowest BCUT2D eigenvalue weighted by Crippen LogP contribution is -2.25. The molecule has 0 aliphatic rings. The maximum Gasteiger partial charge on any atom is 0.00721 e. The Morgan fingerprint density at radius 3 is 2.09 bits per heavy atom. The maximum absolute atomic E-state index is 2.47. The standard InChI is InChI=1S/C9H21NS/c1-4-8-11-9-7-10(5-2)6-3/h4-9H2,1-3H3. The van der Waals surface area contributed by atoms with Crippen molar-refractivity contribution in [2.75, 3.05) is 31.1 Å². The molecule has 0 aromatic carbocycles. The van der Waals surface area contributed by atoms with E-state index < -0.39 is 0 Å². The molecule has 0 aromatic rings. The summed E-state index contributed by atoms with van der Waals surface area (Å²) in [7, 11) is 0. The van der Waals surface area contributed by atoms with Crippen LogP contribution in [0, 0.1) is 0 Å². The van der Waals surface area contributed by atoms with E-state index in [0.717, 1.165) is 0 Å². The van der Waals surface area contributed by atoms with Crippen LogP contribution in [0.4, 0.5) is 0 Å². The van der Waals surface area contributed by atoms with E-state index in [1.807, 2.05) is 0 Å². The summed E-state index contributed by atoms with van der Waals surface area (Å²) in [5.74, 6) is 2.62. The average Bonchev–Trinajstić information content (AvgIpc) is 2.05. The van der Waals surface area contributed by atoms with Gasteiger partial charge in [0.25, 0.3) is 0 Å². The summed E-state index contributed by atoms with van der Waals surface area (Å²) in [6, 6.07) is 0. The number of hydrogen-bond donors (Lipinski definition) is 0. The van der Waals surface area contributed by atoms with Crippen LogP contribution in [-0.2, 0) is 0 Å². The molecule has 0 radical (unpaired) electrons. The molecule has 68 valence electrons. The third-order valence-electron chi connectivity index (χ3n) is 1.79. The van der Waals surface area contributed by atoms with Crippen molar-refractivity contribution in [2.24, 2.45) is 0 Å². The second kappa shape index (κ2) is 8.41. The molecule has 0 fully saturated rings. The Hall–Kier alpha value is 0.310. The van der Waals surface area contributed by atoms with E-state index >= 15 is 0 Å². The molecule has 1 nitrogen and oxygen atoms in total. The molecule has 0 unspecified atom stereocenters. The van der Waals surface area contributed by atoms with Crippen LogP contribution in [-0.4, -0.2) is 36.0 Å². The van der Waals surface area contributed by atoms with Gasteiger partial charge in [-0.1, -0.05) is 20.8 Å². The summed E-state index contributed by atoms with van der Waals surface area (Å²) >= 11 is 2.07. The maximum atomic E-state index is 2.47. The van der Waals surface area contributed by atoms with Gasteiger partial charge in [-0.05, 0) is 25.3 Å². The van der Waals surface area contributed by atoms with Gasteiger partial charge in [0.2, 0.25) is 0 Å². The summed E-state index contributed by atoms with van der Waals surface area (Å²) in [4.78, 5) is 2.47. The number of nitrogens with zero attached hydrogens (tertiary/aromatic N) is 1. The predicted octanol–water partition coefficient (Wildman–Crippen LogP) is 2.47. The van der Waals surface area contributed by atoms with Gasteiger partial charge in [0.05, 0.1) is 0 Å². The van der Waals surface area contributed by atoms with Crippen LogP contribution in [0.3, 0.4) is 0 Å². The highest BCUT2D eigenvalue weighted by molar-refractivity contribution is 7.99. The minimum absolute atomic E-state index is 1.20. The summed E-state index contributed by atoms with van der Waals surface area (Å²) in [5.41, 5.74) is 0. The Labute approximate surface area is 75.5 Å². The van der Waals surface area contributed by atoms with Crippen molar-refractivity contribution in [3.05, 3.63) is 0 Å². The topological polar surface area (TPSA) is 3.24 Å². The molecule has 0 heterocycles. The van der Waals surface area contributed by atoms with E-state index in [0.29, 0.717) is 0 Å². The molecular formula is C9H21NS. The molecule has 0 N–H and O–H groups in total. The summed E-state index contributed by atoms with van der Waals surface area (Å²) in [5, 5.41) is 0. The van der Waals surface area contributed by atoms with Gasteiger partial charge in [0, 0.05) is 12.3 Å². The van der Waals surface area contributed by atoms with E-state index in [1.165, 1.54) is 37.6 Å². The lowest BCUT2D eigenvalue weighted by molar-refractivity contribution is 0.324. The molecule has 0 saturated carbocycles. The van der Waals surface area contributed by atoms with Crippen LogP contribution in [0.2, 0.25) is 0 Å². The highest BCUT2D eigenvalue weighted by atomic mass is 32.2.